The molecule has 29 heavy (non-hydrogen) atoms. The van der Waals surface area contributed by atoms with Gasteiger partial charge < -0.3 is 24.4 Å². The number of fused-ring (bicyclic) bond motifs is 1. The van der Waals surface area contributed by atoms with Crippen molar-refractivity contribution in [3.63, 3.8) is 0 Å². The summed E-state index contributed by atoms with van der Waals surface area (Å²) in [6, 6.07) is 10.7. The van der Waals surface area contributed by atoms with Crippen LogP contribution in [0.1, 0.15) is 18.9 Å². The van der Waals surface area contributed by atoms with Crippen LogP contribution in [-0.2, 0) is 9.59 Å². The lowest BCUT2D eigenvalue weighted by Crippen LogP contribution is -2.39. The van der Waals surface area contributed by atoms with Gasteiger partial charge in [0.15, 0.2) is 18.1 Å². The predicted octanol–water partition coefficient (Wildman–Crippen LogP) is 3.49. The van der Waals surface area contributed by atoms with E-state index in [4.69, 9.17) is 14.2 Å². The monoisotopic (exact) mass is 396 g/mol. The van der Waals surface area contributed by atoms with Gasteiger partial charge in [0.2, 0.25) is 5.91 Å². The second-order valence-electron chi connectivity index (χ2n) is 6.45. The van der Waals surface area contributed by atoms with E-state index in [2.05, 4.69) is 5.32 Å². The maximum absolute atomic E-state index is 12.3. The van der Waals surface area contributed by atoms with Crippen LogP contribution >= 0.6 is 0 Å². The Bertz CT molecular complexity index is 939. The Morgan fingerprint density at radius 2 is 1.97 bits per heavy atom. The zero-order valence-electron chi connectivity index (χ0n) is 16.7. The fraction of sp³-hybridized carbons (Fsp3) is 0.273. The largest absolute Gasteiger partial charge is 0.493 e. The number of hydrogen-bond donors (Lipinski definition) is 1. The summed E-state index contributed by atoms with van der Waals surface area (Å²) in [5, 5.41) is 2.82. The minimum Gasteiger partial charge on any atom is -0.493 e. The van der Waals surface area contributed by atoms with Gasteiger partial charge in [-0.2, -0.15) is 0 Å². The molecule has 1 aliphatic rings. The second-order valence-corrected chi connectivity index (χ2v) is 6.45. The molecule has 0 unspecified atom stereocenters. The normalized spacial score (nSPS) is 13.1. The number of ether oxygens (including phenoxy) is 3. The number of benzene rings is 2. The molecule has 2 amide bonds. The Hall–Kier alpha value is -3.48. The quantitative estimate of drug-likeness (QED) is 0.725. The lowest BCUT2D eigenvalue weighted by Gasteiger charge is -2.29. The van der Waals surface area contributed by atoms with Crippen molar-refractivity contribution in [3.8, 4) is 17.2 Å². The number of carbonyl (C=O) groups excluding carboxylic acids is 2. The highest BCUT2D eigenvalue weighted by molar-refractivity contribution is 6.03. The van der Waals surface area contributed by atoms with Crippen molar-refractivity contribution in [3.05, 3.63) is 48.0 Å². The van der Waals surface area contributed by atoms with E-state index in [0.29, 0.717) is 35.2 Å². The van der Waals surface area contributed by atoms with Gasteiger partial charge in [0.05, 0.1) is 19.9 Å². The molecule has 0 saturated heterocycles. The van der Waals surface area contributed by atoms with Gasteiger partial charge in [0.1, 0.15) is 5.75 Å². The number of rotatable bonds is 7. The van der Waals surface area contributed by atoms with Crippen molar-refractivity contribution in [1.82, 2.24) is 0 Å². The maximum Gasteiger partial charge on any atom is 0.265 e. The van der Waals surface area contributed by atoms with E-state index in [-0.39, 0.29) is 18.4 Å². The molecule has 1 N–H and O–H groups in total. The van der Waals surface area contributed by atoms with Crippen LogP contribution in [0.3, 0.4) is 0 Å². The number of anilines is 2. The van der Waals surface area contributed by atoms with Crippen LogP contribution in [0.25, 0.3) is 6.08 Å². The molecule has 1 aliphatic heterocycles. The summed E-state index contributed by atoms with van der Waals surface area (Å²) >= 11 is 0. The molecule has 7 heteroatoms. The predicted molar refractivity (Wildman–Crippen MR) is 112 cm³/mol. The van der Waals surface area contributed by atoms with Crippen molar-refractivity contribution in [2.45, 2.75) is 13.3 Å². The van der Waals surface area contributed by atoms with Crippen LogP contribution < -0.4 is 24.4 Å². The zero-order valence-corrected chi connectivity index (χ0v) is 16.7. The molecule has 0 aromatic heterocycles. The molecule has 0 saturated carbocycles. The first-order valence-electron chi connectivity index (χ1n) is 9.34. The highest BCUT2D eigenvalue weighted by Gasteiger charge is 2.25. The van der Waals surface area contributed by atoms with Crippen LogP contribution in [0.2, 0.25) is 0 Å². The van der Waals surface area contributed by atoms with Gasteiger partial charge in [0, 0.05) is 18.3 Å². The molecule has 0 atom stereocenters. The molecule has 0 radical (unpaired) electrons. The van der Waals surface area contributed by atoms with Crippen molar-refractivity contribution in [1.29, 1.82) is 0 Å². The lowest BCUT2D eigenvalue weighted by atomic mass is 10.1. The summed E-state index contributed by atoms with van der Waals surface area (Å²) in [6.45, 7) is 2.64. The zero-order chi connectivity index (χ0) is 20.8. The summed E-state index contributed by atoms with van der Waals surface area (Å²) in [5.41, 5.74) is 2.06. The van der Waals surface area contributed by atoms with E-state index in [0.717, 1.165) is 12.0 Å². The Kier molecular flexibility index (Phi) is 6.39. The van der Waals surface area contributed by atoms with Gasteiger partial charge in [0.25, 0.3) is 5.91 Å². The molecule has 0 aliphatic carbocycles. The van der Waals surface area contributed by atoms with Crippen LogP contribution in [0.5, 0.6) is 17.2 Å². The SMILES string of the molecule is CCCN1C(=O)COc2ccc(NC(=O)/C=C/c3ccc(OC)c(OC)c3)cc21. The third-order valence-corrected chi connectivity index (χ3v) is 4.45. The lowest BCUT2D eigenvalue weighted by molar-refractivity contribution is -0.121. The highest BCUT2D eigenvalue weighted by atomic mass is 16.5. The van der Waals surface area contributed by atoms with E-state index >= 15 is 0 Å². The van der Waals surface area contributed by atoms with Gasteiger partial charge in [-0.3, -0.25) is 9.59 Å². The molecule has 7 nitrogen and oxygen atoms in total. The first-order valence-corrected chi connectivity index (χ1v) is 9.34. The third-order valence-electron chi connectivity index (χ3n) is 4.45. The molecule has 2 aromatic rings. The van der Waals surface area contributed by atoms with Gasteiger partial charge >= 0.3 is 0 Å². The fourth-order valence-corrected chi connectivity index (χ4v) is 3.06. The number of nitrogens with zero attached hydrogens (tertiary/aromatic N) is 1. The number of nitrogens with one attached hydrogen (secondary N) is 1. The van der Waals surface area contributed by atoms with E-state index in [9.17, 15) is 9.59 Å². The third kappa shape index (κ3) is 4.68. The number of methoxy groups -OCH3 is 2. The van der Waals surface area contributed by atoms with E-state index < -0.39 is 0 Å². The minimum atomic E-state index is -0.287. The number of hydrogen-bond acceptors (Lipinski definition) is 5. The highest BCUT2D eigenvalue weighted by Crippen LogP contribution is 2.34. The minimum absolute atomic E-state index is 0.0345. The van der Waals surface area contributed by atoms with Crippen molar-refractivity contribution in [2.75, 3.05) is 37.6 Å². The molecule has 2 aromatic carbocycles. The van der Waals surface area contributed by atoms with Crippen molar-refractivity contribution < 1.29 is 23.8 Å². The number of carbonyl (C=O) groups is 2. The summed E-state index contributed by atoms with van der Waals surface area (Å²) in [6.07, 6.45) is 3.95. The summed E-state index contributed by atoms with van der Waals surface area (Å²) < 4.78 is 16.0. The van der Waals surface area contributed by atoms with E-state index in [1.54, 1.807) is 55.5 Å². The smallest absolute Gasteiger partial charge is 0.265 e. The van der Waals surface area contributed by atoms with Gasteiger partial charge in [-0.05, 0) is 48.4 Å². The van der Waals surface area contributed by atoms with Crippen molar-refractivity contribution in [2.24, 2.45) is 0 Å². The molecule has 3 rings (SSSR count). The Balaban J connectivity index is 1.73. The average Bonchev–Trinajstić information content (AvgIpc) is 2.74. The standard InChI is InChI=1S/C22H24N2O5/c1-4-11-24-17-13-16(7-9-18(17)29-14-22(24)26)23-21(25)10-6-15-5-8-19(27-2)20(12-15)28-3/h5-10,12-13H,4,11,14H2,1-3H3,(H,23,25)/b10-6+. The summed E-state index contributed by atoms with van der Waals surface area (Å²) in [5.74, 6) is 1.47. The first kappa shape index (κ1) is 20.3. The Morgan fingerprint density at radius 3 is 2.69 bits per heavy atom. The van der Waals surface area contributed by atoms with Crippen molar-refractivity contribution >= 4 is 29.3 Å². The summed E-state index contributed by atoms with van der Waals surface area (Å²) in [7, 11) is 3.13. The average molecular weight is 396 g/mol. The van der Waals surface area contributed by atoms with Gasteiger partial charge in [-0.15, -0.1) is 0 Å². The molecular formula is C22H24N2O5. The molecular weight excluding hydrogens is 372 g/mol. The molecule has 0 fully saturated rings. The molecule has 0 bridgehead atoms. The fourth-order valence-electron chi connectivity index (χ4n) is 3.06. The van der Waals surface area contributed by atoms with Crippen LogP contribution in [-0.4, -0.2) is 39.2 Å². The Labute approximate surface area is 169 Å². The van der Waals surface area contributed by atoms with Crippen LogP contribution in [0, 0.1) is 0 Å². The van der Waals surface area contributed by atoms with Crippen LogP contribution in [0.15, 0.2) is 42.5 Å². The topological polar surface area (TPSA) is 77.1 Å². The first-order chi connectivity index (χ1) is 14.0. The summed E-state index contributed by atoms with van der Waals surface area (Å²) in [4.78, 5) is 26.1. The van der Waals surface area contributed by atoms with Gasteiger partial charge in [-0.25, -0.2) is 0 Å². The van der Waals surface area contributed by atoms with E-state index in [1.807, 2.05) is 13.0 Å². The molecule has 1 heterocycles. The Morgan fingerprint density at radius 1 is 1.17 bits per heavy atom. The van der Waals surface area contributed by atoms with Crippen LogP contribution in [0.4, 0.5) is 11.4 Å². The van der Waals surface area contributed by atoms with E-state index in [1.165, 1.54) is 6.08 Å². The van der Waals surface area contributed by atoms with Gasteiger partial charge in [-0.1, -0.05) is 13.0 Å². The second kappa shape index (κ2) is 9.14. The number of amides is 2. The molecule has 152 valence electrons. The molecule has 0 spiro atoms. The maximum atomic E-state index is 12.3.